The number of benzene rings is 1. The summed E-state index contributed by atoms with van der Waals surface area (Å²) in [6.07, 6.45) is 0.603. The first-order valence-electron chi connectivity index (χ1n) is 7.03. The number of carbonyl (C=O) groups is 1. The number of rotatable bonds is 5. The predicted molar refractivity (Wildman–Crippen MR) is 90.6 cm³/mol. The Morgan fingerprint density at radius 2 is 1.82 bits per heavy atom. The summed E-state index contributed by atoms with van der Waals surface area (Å²) in [7, 11) is 0. The number of halogens is 1. The largest absolute Gasteiger partial charge is 0.325 e. The van der Waals surface area contributed by atoms with E-state index in [1.54, 1.807) is 0 Å². The zero-order valence-corrected chi connectivity index (χ0v) is 14.3. The highest BCUT2D eigenvalue weighted by atomic mass is 35.5. The Morgan fingerprint density at radius 3 is 2.36 bits per heavy atom. The Kier molecular flexibility index (Phi) is 5.80. The highest BCUT2D eigenvalue weighted by molar-refractivity contribution is 7.99. The number of hydrogen-bond acceptors (Lipinski definition) is 4. The van der Waals surface area contributed by atoms with Crippen LogP contribution in [0.3, 0.4) is 0 Å². The molecule has 4 nitrogen and oxygen atoms in total. The normalized spacial score (nSPS) is 12.0. The topological polar surface area (TPSA) is 54.9 Å². The maximum Gasteiger partial charge on any atom is 0.242 e. The second-order valence-corrected chi connectivity index (χ2v) is 6.49. The van der Waals surface area contributed by atoms with E-state index in [1.165, 1.54) is 11.8 Å². The number of anilines is 1. The highest BCUT2D eigenvalue weighted by Crippen LogP contribution is 2.26. The molecule has 1 N–H and O–H groups in total. The van der Waals surface area contributed by atoms with E-state index in [9.17, 15) is 4.79 Å². The van der Waals surface area contributed by atoms with E-state index >= 15 is 0 Å². The van der Waals surface area contributed by atoms with Crippen LogP contribution in [-0.2, 0) is 4.79 Å². The lowest BCUT2D eigenvalue weighted by atomic mass is 10.3. The summed E-state index contributed by atoms with van der Waals surface area (Å²) >= 11 is 7.39. The minimum atomic E-state index is -0.502. The summed E-state index contributed by atoms with van der Waals surface area (Å²) in [6.45, 7) is 5.78. The molecule has 1 unspecified atom stereocenters. The summed E-state index contributed by atoms with van der Waals surface area (Å²) in [5.41, 5.74) is 2.63. The zero-order valence-electron chi connectivity index (χ0n) is 12.8. The molecular formula is C16H18ClN3OS. The Hall–Kier alpha value is -1.59. The van der Waals surface area contributed by atoms with Gasteiger partial charge in [0.05, 0.1) is 0 Å². The Balaban J connectivity index is 2.04. The molecule has 0 radical (unpaired) electrons. The molecule has 2 aromatic rings. The summed E-state index contributed by atoms with van der Waals surface area (Å²) in [5, 5.41) is 3.01. The third-order valence-corrected chi connectivity index (χ3v) is 4.32. The minimum absolute atomic E-state index is 0.179. The number of aromatic nitrogens is 2. The van der Waals surface area contributed by atoms with Crippen molar-refractivity contribution in [2.24, 2.45) is 0 Å². The van der Waals surface area contributed by atoms with Gasteiger partial charge in [0.2, 0.25) is 5.91 Å². The van der Waals surface area contributed by atoms with Gasteiger partial charge in [-0.05, 0) is 62.4 Å². The van der Waals surface area contributed by atoms with Crippen LogP contribution < -0.4 is 5.32 Å². The fraction of sp³-hybridized carbons (Fsp3) is 0.312. The van der Waals surface area contributed by atoms with Gasteiger partial charge in [-0.1, -0.05) is 6.92 Å². The van der Waals surface area contributed by atoms with Crippen LogP contribution in [0.1, 0.15) is 24.7 Å². The molecule has 0 aliphatic rings. The molecule has 0 spiro atoms. The second-order valence-electron chi connectivity index (χ2n) is 4.92. The van der Waals surface area contributed by atoms with Crippen molar-refractivity contribution in [2.75, 3.05) is 5.32 Å². The van der Waals surface area contributed by atoms with Gasteiger partial charge in [0.25, 0.3) is 0 Å². The lowest BCUT2D eigenvalue weighted by Gasteiger charge is -2.09. The zero-order chi connectivity index (χ0) is 16.1. The van der Waals surface area contributed by atoms with Crippen LogP contribution in [-0.4, -0.2) is 21.3 Å². The fourth-order valence-electron chi connectivity index (χ4n) is 1.86. The molecule has 2 rings (SSSR count). The average molecular weight is 336 g/mol. The molecule has 0 aliphatic heterocycles. The van der Waals surface area contributed by atoms with E-state index in [2.05, 4.69) is 15.3 Å². The number of amides is 1. The van der Waals surface area contributed by atoms with Crippen LogP contribution in [0.2, 0.25) is 0 Å². The van der Waals surface area contributed by atoms with Gasteiger partial charge in [0.15, 0.2) is 5.16 Å². The van der Waals surface area contributed by atoms with E-state index in [4.69, 9.17) is 11.6 Å². The maximum absolute atomic E-state index is 11.7. The van der Waals surface area contributed by atoms with Gasteiger partial charge in [0, 0.05) is 22.0 Å². The smallest absolute Gasteiger partial charge is 0.242 e. The summed E-state index contributed by atoms with van der Waals surface area (Å²) in [4.78, 5) is 21.5. The van der Waals surface area contributed by atoms with Crippen LogP contribution in [0.15, 0.2) is 40.4 Å². The number of nitrogens with one attached hydrogen (secondary N) is 1. The van der Waals surface area contributed by atoms with Gasteiger partial charge < -0.3 is 5.32 Å². The predicted octanol–water partition coefficient (Wildman–Crippen LogP) is 4.20. The number of alkyl halides is 1. The van der Waals surface area contributed by atoms with E-state index in [0.29, 0.717) is 6.42 Å². The number of aryl methyl sites for hydroxylation is 2. The van der Waals surface area contributed by atoms with Crippen LogP contribution in [0, 0.1) is 13.8 Å². The molecule has 1 amide bonds. The molecule has 0 fully saturated rings. The molecule has 1 aromatic heterocycles. The number of nitrogens with zero attached hydrogens (tertiary/aromatic N) is 2. The van der Waals surface area contributed by atoms with Crippen molar-refractivity contribution in [3.63, 3.8) is 0 Å². The summed E-state index contributed by atoms with van der Waals surface area (Å²) in [6, 6.07) is 9.50. The molecule has 1 atom stereocenters. The molecule has 0 bridgehead atoms. The van der Waals surface area contributed by atoms with Gasteiger partial charge >= 0.3 is 0 Å². The maximum atomic E-state index is 11.7. The van der Waals surface area contributed by atoms with Gasteiger partial charge in [-0.3, -0.25) is 4.79 Å². The van der Waals surface area contributed by atoms with Crippen LogP contribution >= 0.6 is 23.4 Å². The molecule has 0 saturated carbocycles. The highest BCUT2D eigenvalue weighted by Gasteiger charge is 2.12. The van der Waals surface area contributed by atoms with Crippen molar-refractivity contribution in [3.8, 4) is 0 Å². The number of carbonyl (C=O) groups excluding carboxylic acids is 1. The lowest BCUT2D eigenvalue weighted by molar-refractivity contribution is -0.115. The first kappa shape index (κ1) is 16.8. The van der Waals surface area contributed by atoms with Crippen molar-refractivity contribution < 1.29 is 4.79 Å². The van der Waals surface area contributed by atoms with Gasteiger partial charge in [-0.2, -0.15) is 0 Å². The number of hydrogen-bond donors (Lipinski definition) is 1. The van der Waals surface area contributed by atoms with E-state index in [-0.39, 0.29) is 5.91 Å². The first-order chi connectivity index (χ1) is 10.5. The Morgan fingerprint density at radius 1 is 1.23 bits per heavy atom. The average Bonchev–Trinajstić information content (AvgIpc) is 2.47. The molecule has 116 valence electrons. The molecule has 1 aromatic carbocycles. The van der Waals surface area contributed by atoms with Crippen molar-refractivity contribution in [1.82, 2.24) is 9.97 Å². The van der Waals surface area contributed by atoms with Crippen molar-refractivity contribution in [2.45, 2.75) is 42.6 Å². The fourth-order valence-corrected chi connectivity index (χ4v) is 2.77. The van der Waals surface area contributed by atoms with Gasteiger partial charge in [-0.25, -0.2) is 9.97 Å². The van der Waals surface area contributed by atoms with E-state index in [0.717, 1.165) is 27.1 Å². The Labute approximate surface area is 139 Å². The lowest BCUT2D eigenvalue weighted by Crippen LogP contribution is -2.22. The standard InChI is InChI=1S/C16H18ClN3OS/c1-4-14(17)15(21)20-12-5-7-13(8-6-12)22-16-18-10(2)9-11(3)19-16/h5-9,14H,4H2,1-3H3,(H,20,21). The third-order valence-electron chi connectivity index (χ3n) is 2.94. The second kappa shape index (κ2) is 7.61. The summed E-state index contributed by atoms with van der Waals surface area (Å²) in [5.74, 6) is -0.179. The first-order valence-corrected chi connectivity index (χ1v) is 8.28. The van der Waals surface area contributed by atoms with E-state index < -0.39 is 5.38 Å². The van der Waals surface area contributed by atoms with Crippen LogP contribution in [0.5, 0.6) is 0 Å². The molecule has 22 heavy (non-hydrogen) atoms. The van der Waals surface area contributed by atoms with Crippen LogP contribution in [0.4, 0.5) is 5.69 Å². The van der Waals surface area contributed by atoms with Crippen LogP contribution in [0.25, 0.3) is 0 Å². The SMILES string of the molecule is CCC(Cl)C(=O)Nc1ccc(Sc2nc(C)cc(C)n2)cc1. The van der Waals surface area contributed by atoms with Gasteiger partial charge in [0.1, 0.15) is 5.38 Å². The molecule has 0 aliphatic carbocycles. The monoisotopic (exact) mass is 335 g/mol. The molecule has 1 heterocycles. The van der Waals surface area contributed by atoms with Crippen molar-refractivity contribution in [1.29, 1.82) is 0 Å². The Bertz CT molecular complexity index is 641. The van der Waals surface area contributed by atoms with Crippen molar-refractivity contribution >= 4 is 35.0 Å². The summed E-state index contributed by atoms with van der Waals surface area (Å²) < 4.78 is 0. The third kappa shape index (κ3) is 4.71. The quantitative estimate of drug-likeness (QED) is 0.657. The molecule has 0 saturated heterocycles. The van der Waals surface area contributed by atoms with Crippen molar-refractivity contribution in [3.05, 3.63) is 41.7 Å². The molecular weight excluding hydrogens is 318 g/mol. The minimum Gasteiger partial charge on any atom is -0.325 e. The van der Waals surface area contributed by atoms with Gasteiger partial charge in [-0.15, -0.1) is 11.6 Å². The molecule has 6 heteroatoms. The van der Waals surface area contributed by atoms with E-state index in [1.807, 2.05) is 51.1 Å².